The van der Waals surface area contributed by atoms with Crippen LogP contribution < -0.4 is 10.7 Å². The molecule has 2 heteroatoms. The lowest BCUT2D eigenvalue weighted by Crippen LogP contribution is -2.33. The fourth-order valence-corrected chi connectivity index (χ4v) is 1.89. The Bertz CT molecular complexity index is 499. The Kier molecular flexibility index (Phi) is 1.60. The molecular weight excluding hydrogens is 172 g/mol. The van der Waals surface area contributed by atoms with Crippen LogP contribution in [0.4, 0.5) is 0 Å². The minimum Gasteiger partial charge on any atom is -0.255 e. The first kappa shape index (κ1) is 7.68. The highest BCUT2D eigenvalue weighted by Crippen LogP contribution is 2.03. The van der Waals surface area contributed by atoms with Crippen LogP contribution in [0.1, 0.15) is 11.1 Å². The van der Waals surface area contributed by atoms with E-state index < -0.39 is 0 Å². The van der Waals surface area contributed by atoms with Crippen LogP contribution >= 0.6 is 0 Å². The van der Waals surface area contributed by atoms with Gasteiger partial charge in [0.2, 0.25) is 0 Å². The van der Waals surface area contributed by atoms with Crippen LogP contribution in [0.5, 0.6) is 0 Å². The van der Waals surface area contributed by atoms with Crippen LogP contribution in [0.25, 0.3) is 0 Å². The van der Waals surface area contributed by atoms with Gasteiger partial charge >= 0.3 is 0 Å². The topological polar surface area (TPSA) is 24.7 Å². The molecule has 2 aliphatic rings. The number of benzene rings is 1. The van der Waals surface area contributed by atoms with Crippen LogP contribution in [0.2, 0.25) is 0 Å². The van der Waals surface area contributed by atoms with E-state index >= 15 is 0 Å². The Morgan fingerprint density at radius 1 is 0.786 bits per heavy atom. The van der Waals surface area contributed by atoms with E-state index in [0.29, 0.717) is 0 Å². The molecule has 2 nitrogen and oxygen atoms in total. The molecule has 1 aromatic rings. The molecule has 0 aromatic heterocycles. The molecule has 0 atom stereocenters. The van der Waals surface area contributed by atoms with Crippen molar-refractivity contribution in [1.82, 2.24) is 0 Å². The van der Waals surface area contributed by atoms with Crippen molar-refractivity contribution in [3.63, 3.8) is 0 Å². The SMILES string of the molecule is C1=CN=c2c(ccc3c2=NC=CC3)C1. The second kappa shape index (κ2) is 2.91. The number of fused-ring (bicyclic) bond motifs is 3. The van der Waals surface area contributed by atoms with Crippen molar-refractivity contribution >= 4 is 0 Å². The molecule has 1 aromatic carbocycles. The summed E-state index contributed by atoms with van der Waals surface area (Å²) in [4.78, 5) is 8.80. The van der Waals surface area contributed by atoms with Gasteiger partial charge in [-0.05, 0) is 24.0 Å². The van der Waals surface area contributed by atoms with Gasteiger partial charge in [-0.2, -0.15) is 0 Å². The van der Waals surface area contributed by atoms with E-state index in [9.17, 15) is 0 Å². The molecule has 0 unspecified atom stereocenters. The molecule has 0 saturated carbocycles. The zero-order valence-corrected chi connectivity index (χ0v) is 7.77. The smallest absolute Gasteiger partial charge is 0.0924 e. The summed E-state index contributed by atoms with van der Waals surface area (Å²) in [5.41, 5.74) is 2.57. The molecule has 0 fully saturated rings. The summed E-state index contributed by atoms with van der Waals surface area (Å²) >= 11 is 0. The average Bonchev–Trinajstić information content (AvgIpc) is 2.29. The molecular formula is C12H10N2. The second-order valence-corrected chi connectivity index (χ2v) is 3.52. The maximum Gasteiger partial charge on any atom is 0.0924 e. The lowest BCUT2D eigenvalue weighted by Gasteiger charge is -2.07. The third-order valence-corrected chi connectivity index (χ3v) is 2.61. The van der Waals surface area contributed by atoms with Gasteiger partial charge in [0.15, 0.2) is 0 Å². The number of hydrogen-bond acceptors (Lipinski definition) is 2. The van der Waals surface area contributed by atoms with Gasteiger partial charge in [0.25, 0.3) is 0 Å². The van der Waals surface area contributed by atoms with Crippen molar-refractivity contribution in [2.75, 3.05) is 0 Å². The van der Waals surface area contributed by atoms with E-state index in [1.807, 2.05) is 12.4 Å². The van der Waals surface area contributed by atoms with E-state index in [1.54, 1.807) is 0 Å². The van der Waals surface area contributed by atoms with Gasteiger partial charge in [0.1, 0.15) is 0 Å². The summed E-state index contributed by atoms with van der Waals surface area (Å²) in [5, 5.41) is 2.13. The first-order chi connectivity index (χ1) is 6.95. The summed E-state index contributed by atoms with van der Waals surface area (Å²) in [6.45, 7) is 0. The molecule has 68 valence electrons. The third-order valence-electron chi connectivity index (χ3n) is 2.61. The molecule has 3 rings (SSSR count). The van der Waals surface area contributed by atoms with Crippen molar-refractivity contribution in [3.05, 3.63) is 58.5 Å². The van der Waals surface area contributed by atoms with Gasteiger partial charge in [-0.1, -0.05) is 24.3 Å². The van der Waals surface area contributed by atoms with Crippen LogP contribution in [0.15, 0.2) is 46.7 Å². The predicted octanol–water partition coefficient (Wildman–Crippen LogP) is 1.07. The summed E-state index contributed by atoms with van der Waals surface area (Å²) in [6.07, 6.45) is 9.85. The van der Waals surface area contributed by atoms with Gasteiger partial charge in [-0.3, -0.25) is 9.98 Å². The van der Waals surface area contributed by atoms with E-state index in [-0.39, 0.29) is 0 Å². The number of rotatable bonds is 0. The Hall–Kier alpha value is -1.70. The zero-order chi connectivity index (χ0) is 9.38. The quantitative estimate of drug-likeness (QED) is 0.573. The van der Waals surface area contributed by atoms with Crippen molar-refractivity contribution < 1.29 is 0 Å². The maximum atomic E-state index is 4.40. The highest BCUT2D eigenvalue weighted by atomic mass is 14.7. The van der Waals surface area contributed by atoms with Crippen LogP contribution in [-0.2, 0) is 12.8 Å². The molecule has 2 aliphatic heterocycles. The van der Waals surface area contributed by atoms with Crippen molar-refractivity contribution in [3.8, 4) is 0 Å². The van der Waals surface area contributed by atoms with E-state index in [1.165, 1.54) is 11.1 Å². The van der Waals surface area contributed by atoms with Gasteiger partial charge in [0, 0.05) is 12.4 Å². The van der Waals surface area contributed by atoms with Crippen molar-refractivity contribution in [2.45, 2.75) is 12.8 Å². The molecule has 0 bridgehead atoms. The molecule has 0 N–H and O–H groups in total. The predicted molar refractivity (Wildman–Crippen MR) is 54.4 cm³/mol. The van der Waals surface area contributed by atoms with Crippen molar-refractivity contribution in [1.29, 1.82) is 0 Å². The zero-order valence-electron chi connectivity index (χ0n) is 7.77. The molecule has 0 amide bonds. The fourth-order valence-electron chi connectivity index (χ4n) is 1.89. The minimum absolute atomic E-state index is 0.978. The largest absolute Gasteiger partial charge is 0.255 e. The molecule has 0 saturated heterocycles. The highest BCUT2D eigenvalue weighted by molar-refractivity contribution is 5.28. The van der Waals surface area contributed by atoms with Crippen LogP contribution in [0, 0.1) is 0 Å². The van der Waals surface area contributed by atoms with Gasteiger partial charge in [0.05, 0.1) is 10.7 Å². The Morgan fingerprint density at radius 3 is 1.79 bits per heavy atom. The summed E-state index contributed by atoms with van der Waals surface area (Å²) in [5.74, 6) is 0. The Labute approximate surface area is 82.0 Å². The highest BCUT2D eigenvalue weighted by Gasteiger charge is 2.06. The first-order valence-electron chi connectivity index (χ1n) is 4.81. The number of nitrogens with zero attached hydrogens (tertiary/aromatic N) is 2. The molecule has 0 spiro atoms. The Morgan fingerprint density at radius 2 is 1.29 bits per heavy atom. The average molecular weight is 182 g/mol. The van der Waals surface area contributed by atoms with Gasteiger partial charge in [-0.25, -0.2) is 0 Å². The summed E-state index contributed by atoms with van der Waals surface area (Å²) in [7, 11) is 0. The van der Waals surface area contributed by atoms with Crippen LogP contribution in [0.3, 0.4) is 0 Å². The van der Waals surface area contributed by atoms with E-state index in [4.69, 9.17) is 0 Å². The normalized spacial score (nSPS) is 16.6. The Balaban J connectivity index is 2.46. The standard InChI is InChI=1S/C12H10N2/c1-3-9-5-6-10-4-2-8-14-12(10)11(9)13-7-1/h1-2,5-8H,3-4H2. The minimum atomic E-state index is 0.978. The van der Waals surface area contributed by atoms with Gasteiger partial charge in [-0.15, -0.1) is 0 Å². The molecule has 2 heterocycles. The third kappa shape index (κ3) is 1.04. The lowest BCUT2D eigenvalue weighted by atomic mass is 10.0. The molecule has 0 radical (unpaired) electrons. The molecule has 0 aliphatic carbocycles. The van der Waals surface area contributed by atoms with E-state index in [2.05, 4.69) is 34.3 Å². The van der Waals surface area contributed by atoms with Crippen LogP contribution in [-0.4, -0.2) is 0 Å². The summed E-state index contributed by atoms with van der Waals surface area (Å²) in [6, 6.07) is 4.33. The van der Waals surface area contributed by atoms with E-state index in [0.717, 1.165) is 23.6 Å². The van der Waals surface area contributed by atoms with Crippen molar-refractivity contribution in [2.24, 2.45) is 9.98 Å². The number of hydrogen-bond donors (Lipinski definition) is 0. The summed E-state index contributed by atoms with van der Waals surface area (Å²) < 4.78 is 0. The lowest BCUT2D eigenvalue weighted by molar-refractivity contribution is 1.02. The maximum absolute atomic E-state index is 4.40. The van der Waals surface area contributed by atoms with Gasteiger partial charge < -0.3 is 0 Å². The second-order valence-electron chi connectivity index (χ2n) is 3.52. The monoisotopic (exact) mass is 182 g/mol. The molecule has 14 heavy (non-hydrogen) atoms. The fraction of sp³-hybridized carbons (Fsp3) is 0.167. The first-order valence-corrected chi connectivity index (χ1v) is 4.81. The number of allylic oxidation sites excluding steroid dienone is 2.